The Morgan fingerprint density at radius 3 is 2.58 bits per heavy atom. The van der Waals surface area contributed by atoms with Crippen molar-refractivity contribution in [2.24, 2.45) is 23.2 Å². The van der Waals surface area contributed by atoms with Gasteiger partial charge in [-0.3, -0.25) is 14.6 Å². The molecule has 1 aliphatic heterocycles. The summed E-state index contributed by atoms with van der Waals surface area (Å²) in [6.45, 7) is 7.37. The van der Waals surface area contributed by atoms with Crippen LogP contribution in [0, 0.1) is 30.1 Å². The Labute approximate surface area is 154 Å². The lowest BCUT2D eigenvalue weighted by Gasteiger charge is -2.54. The largest absolute Gasteiger partial charge is 0.347 e. The second kappa shape index (κ2) is 6.24. The van der Waals surface area contributed by atoms with Crippen LogP contribution in [0.25, 0.3) is 0 Å². The van der Waals surface area contributed by atoms with E-state index in [1.165, 1.54) is 0 Å². The Hall–Kier alpha value is -1.59. The summed E-state index contributed by atoms with van der Waals surface area (Å²) in [6, 6.07) is 3.61. The van der Waals surface area contributed by atoms with E-state index < -0.39 is 17.1 Å². The molecule has 1 aromatic rings. The van der Waals surface area contributed by atoms with E-state index in [-0.39, 0.29) is 23.4 Å². The third kappa shape index (κ3) is 2.55. The minimum Gasteiger partial charge on any atom is -0.347 e. The van der Waals surface area contributed by atoms with E-state index in [0.29, 0.717) is 31.7 Å². The van der Waals surface area contributed by atoms with Gasteiger partial charge in [-0.25, -0.2) is 0 Å². The normalized spacial score (nSPS) is 36.1. The average molecular weight is 357 g/mol. The van der Waals surface area contributed by atoms with Gasteiger partial charge in [0.1, 0.15) is 11.5 Å². The van der Waals surface area contributed by atoms with Gasteiger partial charge in [-0.1, -0.05) is 19.9 Å². The Bertz CT molecular complexity index is 722. The van der Waals surface area contributed by atoms with Crippen LogP contribution in [0.3, 0.4) is 0 Å². The Kier molecular flexibility index (Phi) is 4.27. The van der Waals surface area contributed by atoms with Crippen LogP contribution >= 0.6 is 0 Å². The molecule has 3 aliphatic rings. The monoisotopic (exact) mass is 357 g/mol. The van der Waals surface area contributed by atoms with Gasteiger partial charge in [-0.2, -0.15) is 0 Å². The molecular weight excluding hydrogens is 330 g/mol. The molecule has 1 saturated heterocycles. The molecule has 2 heterocycles. The van der Waals surface area contributed by atoms with Gasteiger partial charge < -0.3 is 9.47 Å². The van der Waals surface area contributed by atoms with Crippen LogP contribution in [0.2, 0.25) is 0 Å². The fourth-order valence-corrected chi connectivity index (χ4v) is 5.38. The number of aromatic nitrogens is 1. The number of aryl methyl sites for hydroxylation is 1. The van der Waals surface area contributed by atoms with Crippen molar-refractivity contribution in [3.63, 3.8) is 0 Å². The van der Waals surface area contributed by atoms with Crippen molar-refractivity contribution in [1.29, 1.82) is 0 Å². The zero-order valence-electron chi connectivity index (χ0n) is 15.8. The number of carbonyl (C=O) groups is 2. The first kappa shape index (κ1) is 17.8. The molecule has 0 radical (unpaired) electrons. The van der Waals surface area contributed by atoms with Crippen molar-refractivity contribution in [2.45, 2.75) is 52.2 Å². The Morgan fingerprint density at radius 2 is 1.92 bits per heavy atom. The van der Waals surface area contributed by atoms with Crippen molar-refractivity contribution in [3.8, 4) is 0 Å². The van der Waals surface area contributed by atoms with Gasteiger partial charge in [-0.05, 0) is 43.7 Å². The Morgan fingerprint density at radius 1 is 1.19 bits per heavy atom. The molecule has 4 atom stereocenters. The second-order valence-electron chi connectivity index (χ2n) is 8.40. The maximum absolute atomic E-state index is 13.4. The lowest BCUT2D eigenvalue weighted by Crippen LogP contribution is -2.58. The topological polar surface area (TPSA) is 65.5 Å². The highest BCUT2D eigenvalue weighted by Gasteiger charge is 2.60. The third-order valence-corrected chi connectivity index (χ3v) is 7.01. The van der Waals surface area contributed by atoms with Crippen LogP contribution in [-0.2, 0) is 14.3 Å². The molecule has 0 amide bonds. The number of hydrogen-bond acceptors (Lipinski definition) is 5. The Balaban J connectivity index is 1.58. The molecule has 0 N–H and O–H groups in total. The SMILES string of the molecule is Cc1ccc(C(=O)C2CC[C@H]3[C@H](C)C4(CC[C@]3(C)C2=O)OCCO4)nc1. The fraction of sp³-hybridized carbons (Fsp3) is 0.667. The fourth-order valence-electron chi connectivity index (χ4n) is 5.38. The van der Waals surface area contributed by atoms with Crippen LogP contribution in [0.1, 0.15) is 55.6 Å². The molecule has 2 aliphatic carbocycles. The van der Waals surface area contributed by atoms with Crippen LogP contribution in [0.15, 0.2) is 18.3 Å². The first-order valence-corrected chi connectivity index (χ1v) is 9.66. The zero-order chi connectivity index (χ0) is 18.5. The minimum absolute atomic E-state index is 0.0841. The quantitative estimate of drug-likeness (QED) is 0.600. The molecule has 2 saturated carbocycles. The first-order valence-electron chi connectivity index (χ1n) is 9.66. The number of ketones is 2. The van der Waals surface area contributed by atoms with E-state index in [1.54, 1.807) is 12.3 Å². The van der Waals surface area contributed by atoms with Crippen LogP contribution < -0.4 is 0 Å². The lowest BCUT2D eigenvalue weighted by molar-refractivity contribution is -0.243. The van der Waals surface area contributed by atoms with Gasteiger partial charge >= 0.3 is 0 Å². The lowest BCUT2D eigenvalue weighted by atomic mass is 9.52. The third-order valence-electron chi connectivity index (χ3n) is 7.01. The maximum Gasteiger partial charge on any atom is 0.191 e. The summed E-state index contributed by atoms with van der Waals surface area (Å²) < 4.78 is 11.9. The number of fused-ring (bicyclic) bond motifs is 1. The van der Waals surface area contributed by atoms with Crippen LogP contribution in [-0.4, -0.2) is 35.6 Å². The smallest absolute Gasteiger partial charge is 0.191 e. The number of ether oxygens (including phenoxy) is 2. The molecule has 1 spiro atoms. The van der Waals surface area contributed by atoms with Crippen LogP contribution in [0.4, 0.5) is 0 Å². The molecule has 5 nitrogen and oxygen atoms in total. The molecule has 0 bridgehead atoms. The molecule has 1 aromatic heterocycles. The van der Waals surface area contributed by atoms with Gasteiger partial charge in [0, 0.05) is 24.0 Å². The maximum atomic E-state index is 13.4. The summed E-state index contributed by atoms with van der Waals surface area (Å²) in [5.74, 6) is -0.798. The van der Waals surface area contributed by atoms with Gasteiger partial charge in [-0.15, -0.1) is 0 Å². The van der Waals surface area contributed by atoms with E-state index in [4.69, 9.17) is 9.47 Å². The highest BCUT2D eigenvalue weighted by Crippen LogP contribution is 2.57. The molecule has 1 unspecified atom stereocenters. The second-order valence-corrected chi connectivity index (χ2v) is 8.40. The molecular formula is C21H27NO4. The van der Waals surface area contributed by atoms with E-state index in [2.05, 4.69) is 11.9 Å². The van der Waals surface area contributed by atoms with Crippen molar-refractivity contribution < 1.29 is 19.1 Å². The van der Waals surface area contributed by atoms with E-state index in [9.17, 15) is 9.59 Å². The summed E-state index contributed by atoms with van der Waals surface area (Å²) in [4.78, 5) is 30.6. The summed E-state index contributed by atoms with van der Waals surface area (Å²) in [6.07, 6.45) is 4.56. The summed E-state index contributed by atoms with van der Waals surface area (Å²) in [7, 11) is 0. The highest BCUT2D eigenvalue weighted by atomic mass is 16.7. The van der Waals surface area contributed by atoms with Crippen molar-refractivity contribution in [2.75, 3.05) is 13.2 Å². The van der Waals surface area contributed by atoms with E-state index in [0.717, 1.165) is 18.4 Å². The molecule has 140 valence electrons. The van der Waals surface area contributed by atoms with Gasteiger partial charge in [0.05, 0.1) is 19.1 Å². The predicted molar refractivity (Wildman–Crippen MR) is 95.7 cm³/mol. The molecule has 3 fully saturated rings. The van der Waals surface area contributed by atoms with E-state index in [1.807, 2.05) is 19.9 Å². The summed E-state index contributed by atoms with van der Waals surface area (Å²) in [5, 5.41) is 0. The molecule has 0 aromatic carbocycles. The van der Waals surface area contributed by atoms with Crippen molar-refractivity contribution in [1.82, 2.24) is 4.98 Å². The summed E-state index contributed by atoms with van der Waals surface area (Å²) >= 11 is 0. The number of carbonyl (C=O) groups excluding carboxylic acids is 2. The average Bonchev–Trinajstić information content (AvgIpc) is 3.11. The predicted octanol–water partition coefficient (Wildman–Crippen LogP) is 3.35. The number of nitrogens with zero attached hydrogens (tertiary/aromatic N) is 1. The van der Waals surface area contributed by atoms with Crippen molar-refractivity contribution >= 4 is 11.6 Å². The van der Waals surface area contributed by atoms with E-state index >= 15 is 0 Å². The highest BCUT2D eigenvalue weighted by molar-refractivity contribution is 6.11. The number of Topliss-reactive ketones (excluding diaryl/α,β-unsaturated/α-hetero) is 2. The molecule has 26 heavy (non-hydrogen) atoms. The standard InChI is InChI=1S/C21H27NO4/c1-13-4-7-17(22-12-13)18(23)15-5-6-16-14(2)21(25-10-11-26-21)9-8-20(16,3)19(15)24/h4,7,12,14-16H,5-6,8-11H2,1-3H3/t14-,15?,16-,20-/m0/s1. The van der Waals surface area contributed by atoms with Gasteiger partial charge in [0.2, 0.25) is 0 Å². The number of hydrogen-bond donors (Lipinski definition) is 0. The molecule has 5 heteroatoms. The summed E-state index contributed by atoms with van der Waals surface area (Å²) in [5.41, 5.74) is 0.925. The van der Waals surface area contributed by atoms with Gasteiger partial charge in [0.25, 0.3) is 0 Å². The van der Waals surface area contributed by atoms with Gasteiger partial charge in [0.15, 0.2) is 11.6 Å². The molecule has 4 rings (SSSR count). The number of rotatable bonds is 2. The number of pyridine rings is 1. The van der Waals surface area contributed by atoms with Crippen LogP contribution in [0.5, 0.6) is 0 Å². The zero-order valence-corrected chi connectivity index (χ0v) is 15.8. The first-order chi connectivity index (χ1) is 12.4. The van der Waals surface area contributed by atoms with Crippen molar-refractivity contribution in [3.05, 3.63) is 29.6 Å². The minimum atomic E-state index is -0.571.